The van der Waals surface area contributed by atoms with E-state index < -0.39 is 6.10 Å². The molecule has 0 saturated heterocycles. The maximum absolute atomic E-state index is 12.8. The van der Waals surface area contributed by atoms with Crippen molar-refractivity contribution in [2.45, 2.75) is 290 Å². The fourth-order valence-corrected chi connectivity index (χ4v) is 8.16. The highest BCUT2D eigenvalue weighted by Crippen LogP contribution is 2.15. The van der Waals surface area contributed by atoms with Crippen LogP contribution in [0.2, 0.25) is 0 Å². The van der Waals surface area contributed by atoms with E-state index in [2.05, 4.69) is 106 Å². The maximum atomic E-state index is 12.8. The van der Waals surface area contributed by atoms with Crippen LogP contribution in [0.4, 0.5) is 0 Å². The highest BCUT2D eigenvalue weighted by Gasteiger charge is 2.19. The number of rotatable bonds is 53. The van der Waals surface area contributed by atoms with Crippen molar-refractivity contribution >= 4 is 17.9 Å². The van der Waals surface area contributed by atoms with Crippen LogP contribution in [0.1, 0.15) is 284 Å². The summed E-state index contributed by atoms with van der Waals surface area (Å²) in [5.41, 5.74) is 0. The molecule has 0 aromatic rings. The third kappa shape index (κ3) is 55.5. The van der Waals surface area contributed by atoms with Crippen LogP contribution in [0.5, 0.6) is 0 Å². The Balaban J connectivity index is 4.31. The van der Waals surface area contributed by atoms with Crippen molar-refractivity contribution in [1.82, 2.24) is 0 Å². The van der Waals surface area contributed by atoms with E-state index in [0.29, 0.717) is 19.3 Å². The van der Waals surface area contributed by atoms with Gasteiger partial charge in [-0.15, -0.1) is 0 Å². The van der Waals surface area contributed by atoms with Crippen molar-refractivity contribution in [3.05, 3.63) is 85.1 Å². The zero-order chi connectivity index (χ0) is 50.7. The van der Waals surface area contributed by atoms with E-state index in [4.69, 9.17) is 14.2 Å². The molecule has 0 spiro atoms. The standard InChI is InChI=1S/C64H110O6/c1-4-7-10-13-16-19-22-25-27-28-29-30-31-32-33-34-35-36-38-39-42-45-48-51-54-57-63(66)69-60-61(59-68-62(65)56-53-50-47-44-41-24-21-18-15-12-9-6-3)70-64(67)58-55-52-49-46-43-40-37-26-23-20-17-14-11-8-5-2/h7,10,16,18-19,21,25-27,29-30,32-33,37,61H,4-6,8-9,11-15,17,20,22-24,28,31,34-36,38-60H2,1-3H3/b10-7-,19-16-,21-18-,27-25-,30-29-,33-32-,37-26-. The topological polar surface area (TPSA) is 78.9 Å². The van der Waals surface area contributed by atoms with Gasteiger partial charge in [-0.25, -0.2) is 0 Å². The van der Waals surface area contributed by atoms with E-state index >= 15 is 0 Å². The highest BCUT2D eigenvalue weighted by atomic mass is 16.6. The van der Waals surface area contributed by atoms with Crippen LogP contribution in [0.25, 0.3) is 0 Å². The molecule has 0 aromatic heterocycles. The molecule has 1 unspecified atom stereocenters. The van der Waals surface area contributed by atoms with Crippen LogP contribution < -0.4 is 0 Å². The van der Waals surface area contributed by atoms with Gasteiger partial charge in [-0.1, -0.05) is 234 Å². The van der Waals surface area contributed by atoms with Crippen LogP contribution in [-0.4, -0.2) is 37.2 Å². The lowest BCUT2D eigenvalue weighted by molar-refractivity contribution is -0.167. The molecule has 70 heavy (non-hydrogen) atoms. The Labute approximate surface area is 433 Å². The number of esters is 3. The fraction of sp³-hybridized carbons (Fsp3) is 0.734. The molecule has 402 valence electrons. The number of carbonyl (C=O) groups excluding carboxylic acids is 3. The van der Waals surface area contributed by atoms with Crippen molar-refractivity contribution in [2.75, 3.05) is 13.2 Å². The normalized spacial score (nSPS) is 12.7. The summed E-state index contributed by atoms with van der Waals surface area (Å²) in [6, 6.07) is 0. The van der Waals surface area contributed by atoms with Crippen molar-refractivity contribution in [3.8, 4) is 0 Å². The van der Waals surface area contributed by atoms with E-state index in [1.165, 1.54) is 128 Å². The lowest BCUT2D eigenvalue weighted by atomic mass is 10.1. The van der Waals surface area contributed by atoms with Crippen LogP contribution >= 0.6 is 0 Å². The minimum absolute atomic E-state index is 0.0850. The van der Waals surface area contributed by atoms with Crippen LogP contribution in [-0.2, 0) is 28.6 Å². The van der Waals surface area contributed by atoms with Gasteiger partial charge in [-0.05, 0) is 116 Å². The molecular formula is C64H110O6. The predicted octanol–water partition coefficient (Wildman–Crippen LogP) is 19.9. The summed E-state index contributed by atoms with van der Waals surface area (Å²) in [7, 11) is 0. The average Bonchev–Trinajstić information content (AvgIpc) is 3.36. The molecule has 0 aliphatic carbocycles. The number of allylic oxidation sites excluding steroid dienone is 14. The Kier molecular flexibility index (Phi) is 55.3. The van der Waals surface area contributed by atoms with Crippen LogP contribution in [0.15, 0.2) is 85.1 Å². The number of hydrogen-bond donors (Lipinski definition) is 0. The van der Waals surface area contributed by atoms with Gasteiger partial charge in [0.1, 0.15) is 13.2 Å². The van der Waals surface area contributed by atoms with Gasteiger partial charge in [0.2, 0.25) is 0 Å². The summed E-state index contributed by atoms with van der Waals surface area (Å²) in [5.74, 6) is -0.902. The first kappa shape index (κ1) is 66.6. The molecular weight excluding hydrogens is 865 g/mol. The second-order valence-electron chi connectivity index (χ2n) is 19.5. The molecule has 0 rings (SSSR count). The lowest BCUT2D eigenvalue weighted by Crippen LogP contribution is -2.30. The van der Waals surface area contributed by atoms with Gasteiger partial charge >= 0.3 is 17.9 Å². The largest absolute Gasteiger partial charge is 0.462 e. The van der Waals surface area contributed by atoms with E-state index in [9.17, 15) is 14.4 Å². The second-order valence-corrected chi connectivity index (χ2v) is 19.5. The first-order valence-electron chi connectivity index (χ1n) is 29.6. The van der Waals surface area contributed by atoms with Crippen molar-refractivity contribution < 1.29 is 28.6 Å². The van der Waals surface area contributed by atoms with E-state index in [1.807, 2.05) is 0 Å². The third-order valence-corrected chi connectivity index (χ3v) is 12.6. The first-order valence-corrected chi connectivity index (χ1v) is 29.6. The molecule has 0 aliphatic heterocycles. The molecule has 0 fully saturated rings. The summed E-state index contributed by atoms with van der Waals surface area (Å²) < 4.78 is 16.9. The third-order valence-electron chi connectivity index (χ3n) is 12.6. The fourth-order valence-electron chi connectivity index (χ4n) is 8.16. The van der Waals surface area contributed by atoms with Gasteiger partial charge in [-0.2, -0.15) is 0 Å². The molecule has 6 heteroatoms. The molecule has 6 nitrogen and oxygen atoms in total. The lowest BCUT2D eigenvalue weighted by Gasteiger charge is -2.18. The summed E-state index contributed by atoms with van der Waals surface area (Å²) in [6.45, 7) is 6.49. The number of ether oxygens (including phenoxy) is 3. The Morgan fingerprint density at radius 2 is 0.557 bits per heavy atom. The van der Waals surface area contributed by atoms with Crippen molar-refractivity contribution in [1.29, 1.82) is 0 Å². The van der Waals surface area contributed by atoms with E-state index in [-0.39, 0.29) is 31.1 Å². The number of hydrogen-bond acceptors (Lipinski definition) is 6. The van der Waals surface area contributed by atoms with Crippen molar-refractivity contribution in [2.24, 2.45) is 0 Å². The van der Waals surface area contributed by atoms with Gasteiger partial charge in [-0.3, -0.25) is 14.4 Å². The first-order chi connectivity index (χ1) is 34.5. The predicted molar refractivity (Wildman–Crippen MR) is 302 cm³/mol. The molecule has 0 amide bonds. The van der Waals surface area contributed by atoms with Gasteiger partial charge in [0.05, 0.1) is 0 Å². The molecule has 0 saturated carbocycles. The minimum Gasteiger partial charge on any atom is -0.462 e. The second kappa shape index (κ2) is 58.2. The van der Waals surface area contributed by atoms with Gasteiger partial charge in [0.25, 0.3) is 0 Å². The SMILES string of the molecule is CC/C=C\C/C=C\C/C=C\C/C=C\C/C=C\CCCCCCCCCCCC(=O)OCC(COC(=O)CCCCCCC/C=C\CCCCC)OC(=O)CCCCCCC/C=C\CCCCCCCC. The molecule has 1 atom stereocenters. The molecule has 0 heterocycles. The van der Waals surface area contributed by atoms with Crippen molar-refractivity contribution in [3.63, 3.8) is 0 Å². The van der Waals surface area contributed by atoms with Gasteiger partial charge in [0, 0.05) is 19.3 Å². The molecule has 0 aliphatic rings. The molecule has 0 bridgehead atoms. The Morgan fingerprint density at radius 3 is 0.914 bits per heavy atom. The summed E-state index contributed by atoms with van der Waals surface area (Å²) in [4.78, 5) is 38.1. The Morgan fingerprint density at radius 1 is 0.300 bits per heavy atom. The van der Waals surface area contributed by atoms with Gasteiger partial charge in [0.15, 0.2) is 6.10 Å². The maximum Gasteiger partial charge on any atom is 0.306 e. The molecule has 0 N–H and O–H groups in total. The highest BCUT2D eigenvalue weighted by molar-refractivity contribution is 5.71. The Hall–Kier alpha value is -3.41. The summed E-state index contributed by atoms with van der Waals surface area (Å²) >= 11 is 0. The molecule has 0 radical (unpaired) electrons. The zero-order valence-corrected chi connectivity index (χ0v) is 46.0. The van der Waals surface area contributed by atoms with Gasteiger partial charge < -0.3 is 14.2 Å². The number of carbonyl (C=O) groups is 3. The average molecular weight is 976 g/mol. The quantitative estimate of drug-likeness (QED) is 0.0261. The zero-order valence-electron chi connectivity index (χ0n) is 46.0. The van der Waals surface area contributed by atoms with Crippen LogP contribution in [0, 0.1) is 0 Å². The van der Waals surface area contributed by atoms with Crippen LogP contribution in [0.3, 0.4) is 0 Å². The minimum atomic E-state index is -0.786. The summed E-state index contributed by atoms with van der Waals surface area (Å²) in [6.07, 6.45) is 75.8. The monoisotopic (exact) mass is 975 g/mol. The molecule has 0 aromatic carbocycles. The number of unbranched alkanes of at least 4 members (excludes halogenated alkanes) is 28. The van der Waals surface area contributed by atoms with E-state index in [0.717, 1.165) is 116 Å². The smallest absolute Gasteiger partial charge is 0.306 e. The van der Waals surface area contributed by atoms with E-state index in [1.54, 1.807) is 0 Å². The summed E-state index contributed by atoms with van der Waals surface area (Å²) in [5, 5.41) is 0. The Bertz CT molecular complexity index is 1350.